The van der Waals surface area contributed by atoms with Crippen molar-refractivity contribution >= 4 is 21.9 Å². The number of aliphatic hydroxyl groups excluding tert-OH is 1. The maximum absolute atomic E-state index is 10.8. The number of carboxylic acid groups (broad SMARTS) is 1. The average Bonchev–Trinajstić information content (AvgIpc) is 2.16. The summed E-state index contributed by atoms with van der Waals surface area (Å²) in [6.45, 7) is -0.271. The smallest absolute Gasteiger partial charge is 0.338 e. The fourth-order valence-electron chi connectivity index (χ4n) is 1.04. The molecular formula is C9H6BrNO3. The lowest BCUT2D eigenvalue weighted by atomic mass is 10.1. The lowest BCUT2D eigenvalue weighted by Gasteiger charge is -2.05. The Hall–Kier alpha value is -1.38. The van der Waals surface area contributed by atoms with Crippen LogP contribution in [0, 0.1) is 11.3 Å². The molecular weight excluding hydrogens is 250 g/mol. The zero-order valence-electron chi connectivity index (χ0n) is 6.99. The first-order valence-corrected chi connectivity index (χ1v) is 4.46. The number of benzene rings is 1. The Kier molecular flexibility index (Phi) is 3.23. The molecule has 0 saturated carbocycles. The predicted octanol–water partition coefficient (Wildman–Crippen LogP) is 1.51. The zero-order chi connectivity index (χ0) is 10.7. The number of rotatable bonds is 2. The quantitative estimate of drug-likeness (QED) is 0.840. The molecule has 2 N–H and O–H groups in total. The van der Waals surface area contributed by atoms with Crippen LogP contribution in [-0.4, -0.2) is 16.2 Å². The Morgan fingerprint density at radius 1 is 1.57 bits per heavy atom. The average molecular weight is 256 g/mol. The normalized spacial score (nSPS) is 9.50. The van der Waals surface area contributed by atoms with Gasteiger partial charge in [-0.15, -0.1) is 0 Å². The van der Waals surface area contributed by atoms with Crippen molar-refractivity contribution in [3.8, 4) is 6.07 Å². The molecule has 4 nitrogen and oxygen atoms in total. The molecule has 0 amide bonds. The topological polar surface area (TPSA) is 81.3 Å². The van der Waals surface area contributed by atoms with Crippen LogP contribution in [0.5, 0.6) is 0 Å². The first kappa shape index (κ1) is 10.7. The molecule has 0 aliphatic heterocycles. The van der Waals surface area contributed by atoms with Crippen LogP contribution in [0.2, 0.25) is 0 Å². The molecule has 1 aromatic rings. The van der Waals surface area contributed by atoms with Gasteiger partial charge in [-0.25, -0.2) is 4.79 Å². The van der Waals surface area contributed by atoms with E-state index in [1.54, 1.807) is 6.07 Å². The number of hydrogen-bond donors (Lipinski definition) is 2. The van der Waals surface area contributed by atoms with Gasteiger partial charge in [-0.3, -0.25) is 0 Å². The van der Waals surface area contributed by atoms with E-state index >= 15 is 0 Å². The van der Waals surface area contributed by atoms with E-state index in [0.29, 0.717) is 5.56 Å². The minimum absolute atomic E-state index is 0.0709. The van der Waals surface area contributed by atoms with Crippen molar-refractivity contribution in [2.75, 3.05) is 0 Å². The second-order valence-electron chi connectivity index (χ2n) is 2.54. The van der Waals surface area contributed by atoms with Crippen LogP contribution in [0.3, 0.4) is 0 Å². The molecule has 0 aliphatic rings. The summed E-state index contributed by atoms with van der Waals surface area (Å²) >= 11 is 3.04. The lowest BCUT2D eigenvalue weighted by molar-refractivity contribution is 0.0695. The van der Waals surface area contributed by atoms with Gasteiger partial charge < -0.3 is 10.2 Å². The molecule has 1 rings (SSSR count). The van der Waals surface area contributed by atoms with Crippen LogP contribution in [0.15, 0.2) is 16.6 Å². The summed E-state index contributed by atoms with van der Waals surface area (Å²) in [6.07, 6.45) is 0. The summed E-state index contributed by atoms with van der Waals surface area (Å²) in [6, 6.07) is 4.66. The van der Waals surface area contributed by atoms with Gasteiger partial charge in [-0.1, -0.05) is 6.07 Å². The molecule has 0 spiro atoms. The Balaban J connectivity index is 3.49. The van der Waals surface area contributed by atoms with E-state index in [9.17, 15) is 4.79 Å². The van der Waals surface area contributed by atoms with Crippen molar-refractivity contribution in [3.63, 3.8) is 0 Å². The van der Waals surface area contributed by atoms with Crippen LogP contribution in [0.25, 0.3) is 0 Å². The van der Waals surface area contributed by atoms with E-state index in [0.717, 1.165) is 0 Å². The summed E-state index contributed by atoms with van der Waals surface area (Å²) in [7, 11) is 0. The number of carbonyl (C=O) groups is 1. The van der Waals surface area contributed by atoms with Gasteiger partial charge in [0, 0.05) is 4.47 Å². The fourth-order valence-corrected chi connectivity index (χ4v) is 1.68. The molecule has 0 saturated heterocycles. The van der Waals surface area contributed by atoms with E-state index in [-0.39, 0.29) is 22.2 Å². The van der Waals surface area contributed by atoms with Crippen molar-refractivity contribution in [2.45, 2.75) is 6.61 Å². The highest BCUT2D eigenvalue weighted by molar-refractivity contribution is 9.10. The van der Waals surface area contributed by atoms with Gasteiger partial charge >= 0.3 is 5.97 Å². The van der Waals surface area contributed by atoms with E-state index in [1.807, 2.05) is 0 Å². The first-order valence-electron chi connectivity index (χ1n) is 3.67. The maximum Gasteiger partial charge on any atom is 0.338 e. The predicted molar refractivity (Wildman–Crippen MR) is 51.7 cm³/mol. The summed E-state index contributed by atoms with van der Waals surface area (Å²) in [5.74, 6) is -1.19. The minimum atomic E-state index is -1.19. The molecule has 0 fully saturated rings. The Morgan fingerprint density at radius 2 is 2.21 bits per heavy atom. The molecule has 0 bridgehead atoms. The van der Waals surface area contributed by atoms with Crippen LogP contribution in [0.4, 0.5) is 0 Å². The fraction of sp³-hybridized carbons (Fsp3) is 0.111. The number of carboxylic acids is 1. The second-order valence-corrected chi connectivity index (χ2v) is 3.33. The van der Waals surface area contributed by atoms with E-state index in [4.69, 9.17) is 15.5 Å². The van der Waals surface area contributed by atoms with E-state index in [2.05, 4.69) is 15.9 Å². The van der Waals surface area contributed by atoms with Gasteiger partial charge in [0.15, 0.2) is 0 Å². The van der Waals surface area contributed by atoms with Crippen molar-refractivity contribution in [1.29, 1.82) is 5.26 Å². The highest BCUT2D eigenvalue weighted by Gasteiger charge is 2.16. The third kappa shape index (κ3) is 1.76. The van der Waals surface area contributed by atoms with Gasteiger partial charge in [0.1, 0.15) is 6.07 Å². The van der Waals surface area contributed by atoms with E-state index in [1.165, 1.54) is 12.1 Å². The summed E-state index contributed by atoms with van der Waals surface area (Å²) in [5, 5.41) is 26.4. The molecule has 1 aromatic carbocycles. The van der Waals surface area contributed by atoms with Crippen molar-refractivity contribution < 1.29 is 15.0 Å². The van der Waals surface area contributed by atoms with Gasteiger partial charge in [-0.05, 0) is 27.6 Å². The van der Waals surface area contributed by atoms with Crippen LogP contribution in [-0.2, 0) is 6.61 Å². The summed E-state index contributed by atoms with van der Waals surface area (Å²) in [4.78, 5) is 10.8. The molecule has 14 heavy (non-hydrogen) atoms. The molecule has 0 radical (unpaired) electrons. The molecule has 0 heterocycles. The number of aliphatic hydroxyl groups is 1. The highest BCUT2D eigenvalue weighted by atomic mass is 79.9. The van der Waals surface area contributed by atoms with Crippen molar-refractivity contribution in [3.05, 3.63) is 33.3 Å². The number of hydrogen-bond acceptors (Lipinski definition) is 3. The van der Waals surface area contributed by atoms with Crippen LogP contribution in [0.1, 0.15) is 21.5 Å². The van der Waals surface area contributed by atoms with Crippen LogP contribution >= 0.6 is 15.9 Å². The van der Waals surface area contributed by atoms with Gasteiger partial charge in [0.25, 0.3) is 0 Å². The van der Waals surface area contributed by atoms with E-state index < -0.39 is 5.97 Å². The number of halogens is 1. The van der Waals surface area contributed by atoms with Gasteiger partial charge in [0.05, 0.1) is 17.7 Å². The minimum Gasteiger partial charge on any atom is -0.478 e. The number of nitriles is 1. The third-order valence-electron chi connectivity index (χ3n) is 1.73. The largest absolute Gasteiger partial charge is 0.478 e. The standard InChI is InChI=1S/C9H6BrNO3/c10-8-6(4-12)2-1-5(3-11)7(8)9(13)14/h1-2,12H,4H2,(H,13,14). The number of aromatic carboxylic acids is 1. The monoisotopic (exact) mass is 255 g/mol. The summed E-state index contributed by atoms with van der Waals surface area (Å²) < 4.78 is 0.256. The molecule has 5 heteroatoms. The van der Waals surface area contributed by atoms with Gasteiger partial charge in [-0.2, -0.15) is 5.26 Å². The summed E-state index contributed by atoms with van der Waals surface area (Å²) in [5.41, 5.74) is 0.405. The Labute approximate surface area is 88.5 Å². The zero-order valence-corrected chi connectivity index (χ0v) is 8.58. The lowest BCUT2D eigenvalue weighted by Crippen LogP contribution is -2.04. The molecule has 0 unspecified atom stereocenters. The maximum atomic E-state index is 10.8. The third-order valence-corrected chi connectivity index (χ3v) is 2.63. The molecule has 0 aliphatic carbocycles. The van der Waals surface area contributed by atoms with Crippen molar-refractivity contribution in [2.24, 2.45) is 0 Å². The van der Waals surface area contributed by atoms with Crippen LogP contribution < -0.4 is 0 Å². The molecule has 72 valence electrons. The highest BCUT2D eigenvalue weighted by Crippen LogP contribution is 2.25. The first-order chi connectivity index (χ1) is 6.61. The molecule has 0 aromatic heterocycles. The Bertz CT molecular complexity index is 423. The SMILES string of the molecule is N#Cc1ccc(CO)c(Br)c1C(=O)O. The second kappa shape index (κ2) is 4.22. The van der Waals surface area contributed by atoms with Crippen molar-refractivity contribution in [1.82, 2.24) is 0 Å². The molecule has 0 atom stereocenters. The number of nitrogens with zero attached hydrogens (tertiary/aromatic N) is 1. The van der Waals surface area contributed by atoms with Gasteiger partial charge in [0.2, 0.25) is 0 Å². The Morgan fingerprint density at radius 3 is 2.64 bits per heavy atom.